The van der Waals surface area contributed by atoms with Crippen LogP contribution in [0.15, 0.2) is 119 Å². The largest absolute Gasteiger partial charge is 0.338 e. The number of carbonyl (C=O) groups is 1. The monoisotopic (exact) mass is 463 g/mol. The summed E-state index contributed by atoms with van der Waals surface area (Å²) in [4.78, 5) is 18.3. The average Bonchev–Trinajstić information content (AvgIpc) is 2.88. The fourth-order valence-electron chi connectivity index (χ4n) is 4.18. The van der Waals surface area contributed by atoms with Crippen molar-refractivity contribution in [3.63, 3.8) is 0 Å². The molecule has 5 rings (SSSR count). The molecule has 0 saturated heterocycles. The number of hydrogen-bond acceptors (Lipinski definition) is 4. The highest BCUT2D eigenvalue weighted by atomic mass is 32.2. The zero-order chi connectivity index (χ0) is 23.3. The van der Waals surface area contributed by atoms with Crippen LogP contribution in [0.2, 0.25) is 0 Å². The molecule has 0 aliphatic carbocycles. The van der Waals surface area contributed by atoms with Crippen LogP contribution in [0.1, 0.15) is 24.1 Å². The molecule has 0 unspecified atom stereocenters. The SMILES string of the molecule is CC1=C(C(=O)Nc2ccccc2)[C@@H](c2ccccc2)N=C(SCc2cccc3ccccc23)N1. The van der Waals surface area contributed by atoms with Gasteiger partial charge in [-0.05, 0) is 41.0 Å². The van der Waals surface area contributed by atoms with Crippen LogP contribution in [0.4, 0.5) is 5.69 Å². The smallest absolute Gasteiger partial charge is 0.255 e. The number of carbonyl (C=O) groups excluding carboxylic acids is 1. The highest BCUT2D eigenvalue weighted by Crippen LogP contribution is 2.34. The van der Waals surface area contributed by atoms with Gasteiger partial charge in [-0.1, -0.05) is 103 Å². The van der Waals surface area contributed by atoms with Gasteiger partial charge in [-0.3, -0.25) is 4.79 Å². The lowest BCUT2D eigenvalue weighted by Crippen LogP contribution is -2.32. The van der Waals surface area contributed by atoms with Gasteiger partial charge < -0.3 is 10.6 Å². The van der Waals surface area contributed by atoms with Crippen LogP contribution in [-0.2, 0) is 10.5 Å². The van der Waals surface area contributed by atoms with Crippen molar-refractivity contribution in [1.82, 2.24) is 5.32 Å². The summed E-state index contributed by atoms with van der Waals surface area (Å²) >= 11 is 1.66. The standard InChI is InChI=1S/C29H25N3OS/c1-20-26(28(33)31-24-16-6-3-7-17-24)27(22-12-4-2-5-13-22)32-29(30-20)34-19-23-15-10-14-21-11-8-9-18-25(21)23/h2-18,27H,19H2,1H3,(H,30,32)(H,31,33)/t27-/m1/s1. The molecule has 0 radical (unpaired) electrons. The molecule has 1 atom stereocenters. The quantitative estimate of drug-likeness (QED) is 0.347. The number of nitrogens with one attached hydrogen (secondary N) is 2. The molecule has 0 fully saturated rings. The lowest BCUT2D eigenvalue weighted by atomic mass is 9.96. The Morgan fingerprint density at radius 1 is 0.882 bits per heavy atom. The van der Waals surface area contributed by atoms with Crippen LogP contribution in [0.25, 0.3) is 10.8 Å². The van der Waals surface area contributed by atoms with Crippen LogP contribution in [0.5, 0.6) is 0 Å². The first kappa shape index (κ1) is 22.0. The second kappa shape index (κ2) is 9.98. The fraction of sp³-hybridized carbons (Fsp3) is 0.103. The number of benzene rings is 4. The first-order chi connectivity index (χ1) is 16.7. The van der Waals surface area contributed by atoms with E-state index in [1.807, 2.05) is 67.6 Å². The normalized spacial score (nSPS) is 15.6. The number of amidine groups is 1. The van der Waals surface area contributed by atoms with E-state index in [4.69, 9.17) is 4.99 Å². The van der Waals surface area contributed by atoms with E-state index < -0.39 is 0 Å². The minimum absolute atomic E-state index is 0.146. The Morgan fingerprint density at radius 2 is 1.56 bits per heavy atom. The summed E-state index contributed by atoms with van der Waals surface area (Å²) in [6.07, 6.45) is 0. The molecule has 1 amide bonds. The molecule has 1 aliphatic rings. The second-order valence-corrected chi connectivity index (χ2v) is 9.12. The Labute approximate surface area is 203 Å². The summed E-state index contributed by atoms with van der Waals surface area (Å²) < 4.78 is 0. The molecule has 0 saturated carbocycles. The molecule has 4 nitrogen and oxygen atoms in total. The van der Waals surface area contributed by atoms with E-state index in [0.717, 1.165) is 27.9 Å². The molecule has 1 heterocycles. The molecule has 4 aromatic carbocycles. The van der Waals surface area contributed by atoms with E-state index in [-0.39, 0.29) is 11.9 Å². The van der Waals surface area contributed by atoms with Crippen molar-refractivity contribution in [1.29, 1.82) is 0 Å². The van der Waals surface area contributed by atoms with Crippen molar-refractivity contribution in [3.05, 3.63) is 126 Å². The number of para-hydroxylation sites is 1. The summed E-state index contributed by atoms with van der Waals surface area (Å²) in [6, 6.07) is 34.0. The Kier molecular flexibility index (Phi) is 6.45. The minimum atomic E-state index is -0.374. The summed E-state index contributed by atoms with van der Waals surface area (Å²) in [5.74, 6) is 0.639. The van der Waals surface area contributed by atoms with Gasteiger partial charge in [0.15, 0.2) is 5.17 Å². The molecular formula is C29H25N3OS. The number of allylic oxidation sites excluding steroid dienone is 1. The number of thioether (sulfide) groups is 1. The number of fused-ring (bicyclic) bond motifs is 1. The van der Waals surface area contributed by atoms with Crippen molar-refractivity contribution in [2.45, 2.75) is 18.7 Å². The highest BCUT2D eigenvalue weighted by Gasteiger charge is 2.29. The van der Waals surface area contributed by atoms with Crippen molar-refractivity contribution in [3.8, 4) is 0 Å². The van der Waals surface area contributed by atoms with Crippen molar-refractivity contribution >= 4 is 39.3 Å². The van der Waals surface area contributed by atoms with Crippen molar-refractivity contribution in [2.24, 2.45) is 4.99 Å². The average molecular weight is 464 g/mol. The highest BCUT2D eigenvalue weighted by molar-refractivity contribution is 8.13. The molecule has 0 bridgehead atoms. The lowest BCUT2D eigenvalue weighted by molar-refractivity contribution is -0.113. The molecule has 2 N–H and O–H groups in total. The zero-order valence-corrected chi connectivity index (χ0v) is 19.7. The minimum Gasteiger partial charge on any atom is -0.338 e. The number of hydrogen-bond donors (Lipinski definition) is 2. The summed E-state index contributed by atoms with van der Waals surface area (Å²) in [5, 5.41) is 9.71. The number of rotatable bonds is 5. The van der Waals surface area contributed by atoms with Gasteiger partial charge in [0.25, 0.3) is 5.91 Å². The number of aliphatic imine (C=N–C) groups is 1. The molecule has 4 aromatic rings. The molecular weight excluding hydrogens is 438 g/mol. The van der Waals surface area contributed by atoms with Gasteiger partial charge in [-0.2, -0.15) is 0 Å². The first-order valence-corrected chi connectivity index (χ1v) is 12.2. The fourth-order valence-corrected chi connectivity index (χ4v) is 5.12. The van der Waals surface area contributed by atoms with E-state index in [2.05, 4.69) is 53.1 Å². The Morgan fingerprint density at radius 3 is 2.35 bits per heavy atom. The van der Waals surface area contributed by atoms with E-state index in [1.54, 1.807) is 11.8 Å². The third kappa shape index (κ3) is 4.75. The van der Waals surface area contributed by atoms with Crippen molar-refractivity contribution < 1.29 is 4.79 Å². The maximum absolute atomic E-state index is 13.3. The zero-order valence-electron chi connectivity index (χ0n) is 18.9. The van der Waals surface area contributed by atoms with Gasteiger partial charge in [-0.15, -0.1) is 0 Å². The first-order valence-electron chi connectivity index (χ1n) is 11.3. The van der Waals surface area contributed by atoms with E-state index in [9.17, 15) is 4.79 Å². The Hall–Kier alpha value is -3.83. The molecule has 0 aromatic heterocycles. The Balaban J connectivity index is 1.42. The number of amides is 1. The van der Waals surface area contributed by atoms with E-state index in [1.165, 1.54) is 16.3 Å². The maximum atomic E-state index is 13.3. The predicted molar refractivity (Wildman–Crippen MR) is 143 cm³/mol. The maximum Gasteiger partial charge on any atom is 0.255 e. The van der Waals surface area contributed by atoms with Crippen LogP contribution in [0.3, 0.4) is 0 Å². The molecule has 168 valence electrons. The van der Waals surface area contributed by atoms with Crippen LogP contribution in [0, 0.1) is 0 Å². The molecule has 5 heteroatoms. The van der Waals surface area contributed by atoms with Crippen LogP contribution >= 0.6 is 11.8 Å². The third-order valence-corrected chi connectivity index (χ3v) is 6.79. The topological polar surface area (TPSA) is 53.5 Å². The Bertz CT molecular complexity index is 1380. The number of anilines is 1. The molecule has 34 heavy (non-hydrogen) atoms. The second-order valence-electron chi connectivity index (χ2n) is 8.16. The van der Waals surface area contributed by atoms with Gasteiger partial charge >= 0.3 is 0 Å². The van der Waals surface area contributed by atoms with Gasteiger partial charge in [0.05, 0.1) is 5.57 Å². The predicted octanol–water partition coefficient (Wildman–Crippen LogP) is 6.69. The van der Waals surface area contributed by atoms with Gasteiger partial charge in [-0.25, -0.2) is 4.99 Å². The van der Waals surface area contributed by atoms with Gasteiger partial charge in [0.2, 0.25) is 0 Å². The van der Waals surface area contributed by atoms with E-state index in [0.29, 0.717) is 5.57 Å². The van der Waals surface area contributed by atoms with Crippen LogP contribution in [-0.4, -0.2) is 11.1 Å². The van der Waals surface area contributed by atoms with Gasteiger partial charge in [0.1, 0.15) is 6.04 Å². The summed E-state index contributed by atoms with van der Waals surface area (Å²) in [7, 11) is 0. The lowest BCUT2D eigenvalue weighted by Gasteiger charge is -2.26. The summed E-state index contributed by atoms with van der Waals surface area (Å²) in [5.41, 5.74) is 4.46. The molecule has 0 spiro atoms. The van der Waals surface area contributed by atoms with Gasteiger partial charge in [0, 0.05) is 17.1 Å². The number of nitrogens with zero attached hydrogens (tertiary/aromatic N) is 1. The van der Waals surface area contributed by atoms with Crippen molar-refractivity contribution in [2.75, 3.05) is 5.32 Å². The van der Waals surface area contributed by atoms with Crippen LogP contribution < -0.4 is 10.6 Å². The molecule has 1 aliphatic heterocycles. The summed E-state index contributed by atoms with van der Waals surface area (Å²) in [6.45, 7) is 1.95. The third-order valence-electron chi connectivity index (χ3n) is 5.85. The van der Waals surface area contributed by atoms with E-state index >= 15 is 0 Å².